The number of rotatable bonds is 9. The molecule has 172 valence electrons. The van der Waals surface area contributed by atoms with Crippen molar-refractivity contribution >= 4 is 39.4 Å². The fourth-order valence-corrected chi connectivity index (χ4v) is 4.36. The van der Waals surface area contributed by atoms with E-state index in [9.17, 15) is 0 Å². The van der Waals surface area contributed by atoms with Gasteiger partial charge in [0.15, 0.2) is 12.4 Å². The van der Waals surface area contributed by atoms with Crippen LogP contribution in [0.1, 0.15) is 50.7 Å². The van der Waals surface area contributed by atoms with Gasteiger partial charge in [-0.2, -0.15) is 0 Å². The molecule has 3 heteroatoms. The molecule has 0 saturated heterocycles. The summed E-state index contributed by atoms with van der Waals surface area (Å²) in [5.74, 6) is 0. The van der Waals surface area contributed by atoms with E-state index in [4.69, 9.17) is 0 Å². The van der Waals surface area contributed by atoms with Crippen molar-refractivity contribution < 1.29 is 28.5 Å². The van der Waals surface area contributed by atoms with E-state index in [0.29, 0.717) is 0 Å². The molecule has 0 atom stereocenters. The van der Waals surface area contributed by atoms with Gasteiger partial charge in [0.2, 0.25) is 0 Å². The molecule has 0 fully saturated rings. The van der Waals surface area contributed by atoms with E-state index >= 15 is 0 Å². The maximum absolute atomic E-state index is 2.56. The van der Waals surface area contributed by atoms with Crippen LogP contribution in [-0.2, 0) is 7.05 Å². The Morgan fingerprint density at radius 3 is 2.21 bits per heavy atom. The maximum atomic E-state index is 2.56. The smallest absolute Gasteiger partial charge is 0.176 e. The van der Waals surface area contributed by atoms with Crippen molar-refractivity contribution in [1.82, 2.24) is 0 Å². The third-order valence-electron chi connectivity index (χ3n) is 6.19. The zero-order valence-electron chi connectivity index (χ0n) is 20.1. The van der Waals surface area contributed by atoms with Crippen LogP contribution in [-0.4, -0.2) is 13.1 Å². The molecule has 2 nitrogen and oxygen atoms in total. The van der Waals surface area contributed by atoms with Gasteiger partial charge in [-0.15, -0.1) is 0 Å². The van der Waals surface area contributed by atoms with Crippen LogP contribution in [0.5, 0.6) is 0 Å². The van der Waals surface area contributed by atoms with Gasteiger partial charge in [-0.3, -0.25) is 0 Å². The molecule has 0 amide bonds. The average molecular weight is 551 g/mol. The largest absolute Gasteiger partial charge is 1.00 e. The molecule has 3 aromatic carbocycles. The Morgan fingerprint density at radius 2 is 1.45 bits per heavy atom. The molecule has 0 saturated carbocycles. The van der Waals surface area contributed by atoms with Gasteiger partial charge >= 0.3 is 0 Å². The van der Waals surface area contributed by atoms with Crippen molar-refractivity contribution in [2.45, 2.75) is 39.5 Å². The monoisotopic (exact) mass is 550 g/mol. The van der Waals surface area contributed by atoms with Crippen molar-refractivity contribution in [3.63, 3.8) is 0 Å². The van der Waals surface area contributed by atoms with E-state index in [-0.39, 0.29) is 24.0 Å². The summed E-state index contributed by atoms with van der Waals surface area (Å²) in [4.78, 5) is 2.56. The lowest BCUT2D eigenvalue weighted by molar-refractivity contribution is -0.670. The van der Waals surface area contributed by atoms with Crippen molar-refractivity contribution in [3.8, 4) is 0 Å². The third kappa shape index (κ3) is 6.35. The molecule has 4 rings (SSSR count). The van der Waals surface area contributed by atoms with E-state index in [0.717, 1.165) is 13.1 Å². The van der Waals surface area contributed by atoms with Gasteiger partial charge in [-0.25, -0.2) is 4.57 Å². The molecular formula is C30H35IN2. The molecular weight excluding hydrogens is 515 g/mol. The van der Waals surface area contributed by atoms with E-state index < -0.39 is 0 Å². The van der Waals surface area contributed by atoms with Crippen LogP contribution in [0.15, 0.2) is 73.1 Å². The first-order valence-corrected chi connectivity index (χ1v) is 12.0. The third-order valence-corrected chi connectivity index (χ3v) is 6.19. The Labute approximate surface area is 216 Å². The predicted molar refractivity (Wildman–Crippen MR) is 140 cm³/mol. The Hall–Kier alpha value is -2.40. The highest BCUT2D eigenvalue weighted by Crippen LogP contribution is 2.25. The van der Waals surface area contributed by atoms with Gasteiger partial charge in [0.25, 0.3) is 0 Å². The Balaban J connectivity index is 0.00000306. The quantitative estimate of drug-likeness (QED) is 0.222. The van der Waals surface area contributed by atoms with E-state index in [1.54, 1.807) is 0 Å². The first-order chi connectivity index (χ1) is 15.7. The second-order valence-corrected chi connectivity index (χ2v) is 8.78. The van der Waals surface area contributed by atoms with Crippen LogP contribution >= 0.6 is 0 Å². The van der Waals surface area contributed by atoms with Crippen LogP contribution in [0, 0.1) is 0 Å². The molecule has 0 bridgehead atoms. The van der Waals surface area contributed by atoms with Crippen molar-refractivity contribution in [3.05, 3.63) is 84.2 Å². The SMILES string of the molecule is CCCCN(CCCC)c1ccc2cc(/C=C/c3c[n+](C)cc4ccccc34)ccc2c1.[I-]. The number of anilines is 1. The topological polar surface area (TPSA) is 7.12 Å². The lowest BCUT2D eigenvalue weighted by atomic mass is 10.0. The minimum atomic E-state index is 0. The highest BCUT2D eigenvalue weighted by molar-refractivity contribution is 5.93. The second kappa shape index (κ2) is 12.2. The van der Waals surface area contributed by atoms with Crippen LogP contribution in [0.25, 0.3) is 33.7 Å². The molecule has 0 aliphatic heterocycles. The van der Waals surface area contributed by atoms with Gasteiger partial charge in [0, 0.05) is 35.1 Å². The van der Waals surface area contributed by atoms with E-state index in [1.165, 1.54) is 64.0 Å². The summed E-state index contributed by atoms with van der Waals surface area (Å²) >= 11 is 0. The summed E-state index contributed by atoms with van der Waals surface area (Å²) in [5.41, 5.74) is 3.82. The van der Waals surface area contributed by atoms with Gasteiger partial charge in [0.1, 0.15) is 7.05 Å². The molecule has 33 heavy (non-hydrogen) atoms. The minimum Gasteiger partial charge on any atom is -1.00 e. The Kier molecular flexibility index (Phi) is 9.30. The molecule has 0 aliphatic carbocycles. The van der Waals surface area contributed by atoms with Gasteiger partial charge in [-0.1, -0.05) is 69.2 Å². The summed E-state index contributed by atoms with van der Waals surface area (Å²) in [7, 11) is 2.09. The number of hydrogen-bond donors (Lipinski definition) is 0. The molecule has 0 aliphatic rings. The van der Waals surface area contributed by atoms with Crippen LogP contribution in [0.3, 0.4) is 0 Å². The lowest BCUT2D eigenvalue weighted by Gasteiger charge is -2.25. The number of unbranched alkanes of at least 4 members (excludes halogenated alkanes) is 2. The highest BCUT2D eigenvalue weighted by Gasteiger charge is 2.07. The summed E-state index contributed by atoms with van der Waals surface area (Å²) in [5, 5.41) is 5.16. The summed E-state index contributed by atoms with van der Waals surface area (Å²) in [6.45, 7) is 6.83. The summed E-state index contributed by atoms with van der Waals surface area (Å²) in [6.07, 6.45) is 13.8. The molecule has 4 aromatic rings. The van der Waals surface area contributed by atoms with Crippen LogP contribution in [0.2, 0.25) is 0 Å². The summed E-state index contributed by atoms with van der Waals surface area (Å²) < 4.78 is 2.13. The van der Waals surface area contributed by atoms with Crippen molar-refractivity contribution in [1.29, 1.82) is 0 Å². The van der Waals surface area contributed by atoms with E-state index in [2.05, 4.69) is 116 Å². The Bertz CT molecular complexity index is 1220. The number of aromatic nitrogens is 1. The van der Waals surface area contributed by atoms with Gasteiger partial charge < -0.3 is 28.9 Å². The predicted octanol–water partition coefficient (Wildman–Crippen LogP) is 4.40. The molecule has 1 aromatic heterocycles. The van der Waals surface area contributed by atoms with Crippen molar-refractivity contribution in [2.75, 3.05) is 18.0 Å². The summed E-state index contributed by atoms with van der Waals surface area (Å²) in [6, 6.07) is 22.3. The number of fused-ring (bicyclic) bond motifs is 2. The second-order valence-electron chi connectivity index (χ2n) is 8.78. The fourth-order valence-electron chi connectivity index (χ4n) is 4.36. The number of aryl methyl sites for hydroxylation is 1. The molecule has 0 spiro atoms. The molecule has 1 heterocycles. The normalized spacial score (nSPS) is 11.2. The van der Waals surface area contributed by atoms with Crippen LogP contribution in [0.4, 0.5) is 5.69 Å². The highest BCUT2D eigenvalue weighted by atomic mass is 127. The Morgan fingerprint density at radius 1 is 0.758 bits per heavy atom. The van der Waals surface area contributed by atoms with E-state index in [1.807, 2.05) is 0 Å². The number of halogens is 1. The number of pyridine rings is 1. The standard InChI is InChI=1S/C30H35N2.HI/c1-4-6-18-32(19-7-5-2)29-17-16-25-20-24(12-14-26(25)21-29)13-15-28-23-31(3)22-27-10-8-9-11-30(27)28;/h8-17,20-23H,4-7,18-19H2,1-3H3;1H/q+1;/p-1/b15-13+;. The molecule has 0 radical (unpaired) electrons. The zero-order chi connectivity index (χ0) is 22.3. The number of benzene rings is 3. The molecule has 0 unspecified atom stereocenters. The lowest BCUT2D eigenvalue weighted by Crippen LogP contribution is -3.00. The fraction of sp³-hybridized carbons (Fsp3) is 0.300. The van der Waals surface area contributed by atoms with Crippen molar-refractivity contribution in [2.24, 2.45) is 7.05 Å². The molecule has 0 N–H and O–H groups in total. The first kappa shape index (κ1) is 25.2. The minimum absolute atomic E-state index is 0. The zero-order valence-corrected chi connectivity index (χ0v) is 22.3. The number of hydrogen-bond acceptors (Lipinski definition) is 1. The average Bonchev–Trinajstić information content (AvgIpc) is 2.82. The van der Waals surface area contributed by atoms with Gasteiger partial charge in [0.05, 0.1) is 0 Å². The van der Waals surface area contributed by atoms with Gasteiger partial charge in [-0.05, 0) is 59.5 Å². The first-order valence-electron chi connectivity index (χ1n) is 12.0. The maximum Gasteiger partial charge on any atom is 0.176 e. The van der Waals surface area contributed by atoms with Crippen LogP contribution < -0.4 is 33.4 Å². The number of nitrogens with zero attached hydrogens (tertiary/aromatic N) is 2.